The van der Waals surface area contributed by atoms with E-state index >= 15 is 0 Å². The van der Waals surface area contributed by atoms with Crippen molar-refractivity contribution in [2.45, 2.75) is 12.8 Å². The summed E-state index contributed by atoms with van der Waals surface area (Å²) in [4.78, 5) is 4.18. The van der Waals surface area contributed by atoms with Gasteiger partial charge >= 0.3 is 0 Å². The van der Waals surface area contributed by atoms with Crippen molar-refractivity contribution in [2.24, 2.45) is 5.92 Å². The molecule has 19 heavy (non-hydrogen) atoms. The molecule has 0 saturated heterocycles. The smallest absolute Gasteiger partial charge is 0.0410 e. The van der Waals surface area contributed by atoms with Gasteiger partial charge in [-0.3, -0.25) is 4.98 Å². The molecule has 0 fully saturated rings. The van der Waals surface area contributed by atoms with Gasteiger partial charge in [-0.25, -0.2) is 0 Å². The normalized spacial score (nSPS) is 12.4. The van der Waals surface area contributed by atoms with Crippen LogP contribution in [0.5, 0.6) is 0 Å². The molecular formula is C15H14BrCl2N. The van der Waals surface area contributed by atoms with Gasteiger partial charge in [0.25, 0.3) is 0 Å². The van der Waals surface area contributed by atoms with E-state index in [1.807, 2.05) is 24.4 Å². The lowest BCUT2D eigenvalue weighted by atomic mass is 9.95. The summed E-state index contributed by atoms with van der Waals surface area (Å²) < 4.78 is 1.00. The lowest BCUT2D eigenvalue weighted by molar-refractivity contribution is 0.583. The molecule has 0 saturated carbocycles. The Hall–Kier alpha value is -0.570. The van der Waals surface area contributed by atoms with Gasteiger partial charge in [-0.15, -0.1) is 11.6 Å². The summed E-state index contributed by atoms with van der Waals surface area (Å²) in [7, 11) is 0. The van der Waals surface area contributed by atoms with Crippen LogP contribution in [0, 0.1) is 5.92 Å². The summed E-state index contributed by atoms with van der Waals surface area (Å²) in [6.07, 6.45) is 5.53. The first-order chi connectivity index (χ1) is 9.17. The van der Waals surface area contributed by atoms with Crippen molar-refractivity contribution < 1.29 is 0 Å². The largest absolute Gasteiger partial charge is 0.263 e. The average molecular weight is 359 g/mol. The topological polar surface area (TPSA) is 12.9 Å². The van der Waals surface area contributed by atoms with Gasteiger partial charge in [-0.1, -0.05) is 23.7 Å². The van der Waals surface area contributed by atoms with Crippen molar-refractivity contribution in [3.8, 4) is 0 Å². The third-order valence-corrected chi connectivity index (χ3v) is 4.02. The third-order valence-electron chi connectivity index (χ3n) is 2.92. The van der Waals surface area contributed by atoms with E-state index in [2.05, 4.69) is 33.0 Å². The number of benzene rings is 1. The molecule has 1 atom stereocenters. The van der Waals surface area contributed by atoms with Gasteiger partial charge in [0.1, 0.15) is 0 Å². The first-order valence-corrected chi connectivity index (χ1v) is 7.78. The zero-order valence-corrected chi connectivity index (χ0v) is 13.4. The van der Waals surface area contributed by atoms with Crippen LogP contribution < -0.4 is 0 Å². The molecule has 1 heterocycles. The Morgan fingerprint density at radius 3 is 2.58 bits per heavy atom. The predicted molar refractivity (Wildman–Crippen MR) is 85.0 cm³/mol. The number of alkyl halides is 1. The second kappa shape index (κ2) is 7.28. The fourth-order valence-corrected chi connectivity index (χ4v) is 2.92. The van der Waals surface area contributed by atoms with Gasteiger partial charge < -0.3 is 0 Å². The van der Waals surface area contributed by atoms with Gasteiger partial charge in [0, 0.05) is 27.8 Å². The van der Waals surface area contributed by atoms with Crippen LogP contribution in [0.25, 0.3) is 0 Å². The zero-order valence-electron chi connectivity index (χ0n) is 10.3. The summed E-state index contributed by atoms with van der Waals surface area (Å²) in [6.45, 7) is 0. The molecule has 1 unspecified atom stereocenters. The Labute approximate surface area is 132 Å². The minimum atomic E-state index is 0.385. The quantitative estimate of drug-likeness (QED) is 0.674. The number of rotatable bonds is 5. The maximum atomic E-state index is 6.08. The summed E-state index contributed by atoms with van der Waals surface area (Å²) in [5.74, 6) is 1.01. The highest BCUT2D eigenvalue weighted by molar-refractivity contribution is 9.10. The molecule has 1 nitrogen and oxygen atoms in total. The molecule has 1 aromatic heterocycles. The van der Waals surface area contributed by atoms with E-state index in [-0.39, 0.29) is 0 Å². The summed E-state index contributed by atoms with van der Waals surface area (Å²) in [5.41, 5.74) is 2.42. The highest BCUT2D eigenvalue weighted by Crippen LogP contribution is 2.20. The minimum Gasteiger partial charge on any atom is -0.263 e. The number of pyridine rings is 1. The molecule has 0 aliphatic rings. The highest BCUT2D eigenvalue weighted by atomic mass is 79.9. The average Bonchev–Trinajstić information content (AvgIpc) is 2.38. The fourth-order valence-electron chi connectivity index (χ4n) is 2.08. The molecule has 0 radical (unpaired) electrons. The first kappa shape index (κ1) is 14.8. The van der Waals surface area contributed by atoms with E-state index in [4.69, 9.17) is 23.2 Å². The van der Waals surface area contributed by atoms with Crippen molar-refractivity contribution in [1.29, 1.82) is 0 Å². The molecule has 0 spiro atoms. The molecule has 100 valence electrons. The summed E-state index contributed by atoms with van der Waals surface area (Å²) in [6, 6.07) is 10.0. The van der Waals surface area contributed by atoms with E-state index in [0.29, 0.717) is 11.8 Å². The number of hydrogen-bond donors (Lipinski definition) is 0. The number of nitrogens with zero attached hydrogens (tertiary/aromatic N) is 1. The Bertz CT molecular complexity index is 498. The van der Waals surface area contributed by atoms with Crippen molar-refractivity contribution in [3.05, 3.63) is 63.3 Å². The van der Waals surface area contributed by atoms with E-state index < -0.39 is 0 Å². The number of halogens is 3. The lowest BCUT2D eigenvalue weighted by Crippen LogP contribution is -2.10. The molecule has 4 heteroatoms. The van der Waals surface area contributed by atoms with Crippen LogP contribution in [0.4, 0.5) is 0 Å². The van der Waals surface area contributed by atoms with E-state index in [0.717, 1.165) is 22.3 Å². The fraction of sp³-hybridized carbons (Fsp3) is 0.267. The van der Waals surface area contributed by atoms with Gasteiger partial charge in [0.05, 0.1) is 0 Å². The molecule has 0 amide bonds. The molecular weight excluding hydrogens is 345 g/mol. The second-order valence-corrected chi connectivity index (χ2v) is 6.23. The van der Waals surface area contributed by atoms with E-state index in [1.54, 1.807) is 6.20 Å². The maximum absolute atomic E-state index is 6.08. The monoisotopic (exact) mass is 357 g/mol. The van der Waals surface area contributed by atoms with Crippen LogP contribution in [0.2, 0.25) is 5.02 Å². The first-order valence-electron chi connectivity index (χ1n) is 6.07. The molecule has 0 aliphatic heterocycles. The Morgan fingerprint density at radius 1 is 1.11 bits per heavy atom. The van der Waals surface area contributed by atoms with Crippen LogP contribution in [0.3, 0.4) is 0 Å². The van der Waals surface area contributed by atoms with Gasteiger partial charge in [-0.2, -0.15) is 0 Å². The second-order valence-electron chi connectivity index (χ2n) is 4.57. The van der Waals surface area contributed by atoms with Gasteiger partial charge in [0.15, 0.2) is 0 Å². The van der Waals surface area contributed by atoms with E-state index in [9.17, 15) is 0 Å². The Balaban J connectivity index is 2.04. The van der Waals surface area contributed by atoms with Crippen molar-refractivity contribution in [1.82, 2.24) is 4.98 Å². The zero-order chi connectivity index (χ0) is 13.7. The van der Waals surface area contributed by atoms with Crippen molar-refractivity contribution >= 4 is 39.1 Å². The van der Waals surface area contributed by atoms with Crippen molar-refractivity contribution in [2.75, 3.05) is 5.88 Å². The SMILES string of the molecule is ClCC(Cc1cccc(Cl)c1)Cc1cncc(Br)c1. The molecule has 2 aromatic rings. The summed E-state index contributed by atoms with van der Waals surface area (Å²) in [5, 5.41) is 0.773. The van der Waals surface area contributed by atoms with Crippen LogP contribution in [-0.2, 0) is 12.8 Å². The highest BCUT2D eigenvalue weighted by Gasteiger charge is 2.10. The number of hydrogen-bond acceptors (Lipinski definition) is 1. The van der Waals surface area contributed by atoms with Gasteiger partial charge in [-0.05, 0) is 64.0 Å². The van der Waals surface area contributed by atoms with Crippen LogP contribution in [-0.4, -0.2) is 10.9 Å². The van der Waals surface area contributed by atoms with Gasteiger partial charge in [0.2, 0.25) is 0 Å². The van der Waals surface area contributed by atoms with E-state index in [1.165, 1.54) is 11.1 Å². The predicted octanol–water partition coefficient (Wildman–Crippen LogP) is 5.14. The maximum Gasteiger partial charge on any atom is 0.0410 e. The standard InChI is InChI=1S/C15H14BrCl2N/c16-14-6-13(9-19-10-14)5-12(8-17)4-11-2-1-3-15(18)7-11/h1-3,6-7,9-10,12H,4-5,8H2. The summed E-state index contributed by atoms with van der Waals surface area (Å²) >= 11 is 15.5. The Kier molecular flexibility index (Phi) is 5.68. The van der Waals surface area contributed by atoms with Crippen LogP contribution in [0.1, 0.15) is 11.1 Å². The molecule has 0 N–H and O–H groups in total. The number of aromatic nitrogens is 1. The third kappa shape index (κ3) is 4.79. The Morgan fingerprint density at radius 2 is 1.89 bits per heavy atom. The van der Waals surface area contributed by atoms with Crippen molar-refractivity contribution in [3.63, 3.8) is 0 Å². The van der Waals surface area contributed by atoms with Crippen LogP contribution in [0.15, 0.2) is 47.2 Å². The minimum absolute atomic E-state index is 0.385. The molecule has 0 bridgehead atoms. The molecule has 2 rings (SSSR count). The molecule has 0 aliphatic carbocycles. The van der Waals surface area contributed by atoms with Crippen LogP contribution >= 0.6 is 39.1 Å². The lowest BCUT2D eigenvalue weighted by Gasteiger charge is -2.14. The molecule has 1 aromatic carbocycles.